The molecule has 0 N–H and O–H groups in total. The van der Waals surface area contributed by atoms with Gasteiger partial charge in [-0.2, -0.15) is 0 Å². The molecule has 0 bridgehead atoms. The summed E-state index contributed by atoms with van der Waals surface area (Å²) >= 11 is 1.46. The second kappa shape index (κ2) is 9.61. The lowest BCUT2D eigenvalue weighted by molar-refractivity contribution is -0.127. The van der Waals surface area contributed by atoms with Crippen LogP contribution in [0.3, 0.4) is 0 Å². The molecule has 0 aliphatic heterocycles. The number of carbonyl (C=O) groups is 1. The van der Waals surface area contributed by atoms with Crippen molar-refractivity contribution in [2.45, 2.75) is 18.2 Å². The first kappa shape index (κ1) is 20.2. The molecular formula is C21H25N3O3S. The van der Waals surface area contributed by atoms with Crippen LogP contribution in [0.4, 0.5) is 0 Å². The molecule has 0 aliphatic carbocycles. The molecule has 148 valence electrons. The van der Waals surface area contributed by atoms with Crippen molar-refractivity contribution in [3.8, 4) is 5.75 Å². The van der Waals surface area contributed by atoms with Crippen molar-refractivity contribution in [2.24, 2.45) is 0 Å². The van der Waals surface area contributed by atoms with Crippen LogP contribution in [0.2, 0.25) is 0 Å². The lowest BCUT2D eigenvalue weighted by atomic mass is 10.2. The molecular weight excluding hydrogens is 374 g/mol. The molecule has 0 saturated carbocycles. The number of carbonyl (C=O) groups excluding carboxylic acids is 1. The maximum Gasteiger partial charge on any atom is 0.233 e. The van der Waals surface area contributed by atoms with E-state index in [0.29, 0.717) is 25.4 Å². The highest BCUT2D eigenvalue weighted by molar-refractivity contribution is 7.99. The summed E-state index contributed by atoms with van der Waals surface area (Å²) in [5.41, 5.74) is 3.05. The number of imidazole rings is 1. The Labute approximate surface area is 169 Å². The van der Waals surface area contributed by atoms with Crippen LogP contribution in [-0.4, -0.2) is 54.0 Å². The fourth-order valence-electron chi connectivity index (χ4n) is 2.89. The van der Waals surface area contributed by atoms with Gasteiger partial charge in [0.15, 0.2) is 5.16 Å². The van der Waals surface area contributed by atoms with Crippen LogP contribution in [0.25, 0.3) is 11.0 Å². The average Bonchev–Trinajstić information content (AvgIpc) is 3.08. The predicted molar refractivity (Wildman–Crippen MR) is 112 cm³/mol. The Morgan fingerprint density at radius 2 is 1.89 bits per heavy atom. The van der Waals surface area contributed by atoms with Crippen molar-refractivity contribution in [1.82, 2.24) is 14.5 Å². The lowest BCUT2D eigenvalue weighted by Crippen LogP contribution is -2.27. The maximum absolute atomic E-state index is 12.6. The summed E-state index contributed by atoms with van der Waals surface area (Å²) in [6.45, 7) is 1.86. The molecule has 0 aliphatic rings. The summed E-state index contributed by atoms with van der Waals surface area (Å²) in [6.07, 6.45) is 0. The highest BCUT2D eigenvalue weighted by Gasteiger charge is 2.15. The Bertz CT molecular complexity index is 924. The lowest BCUT2D eigenvalue weighted by Gasteiger charge is -2.17. The van der Waals surface area contributed by atoms with E-state index in [1.165, 1.54) is 11.8 Å². The van der Waals surface area contributed by atoms with Crippen LogP contribution in [0.1, 0.15) is 5.56 Å². The second-order valence-corrected chi connectivity index (χ2v) is 7.36. The molecule has 0 saturated heterocycles. The Hall–Kier alpha value is -2.51. The van der Waals surface area contributed by atoms with Gasteiger partial charge in [-0.25, -0.2) is 4.98 Å². The standard InChI is InChI=1S/C21H25N3O3S/c1-23(14-16-8-10-17(27-3)11-9-16)20(25)15-28-21-22-18-6-4-5-7-19(18)24(21)12-13-26-2/h4-11H,12-15H2,1-3H3. The molecule has 1 amide bonds. The van der Waals surface area contributed by atoms with Gasteiger partial charge in [0.2, 0.25) is 5.91 Å². The van der Waals surface area contributed by atoms with Crippen molar-refractivity contribution in [3.05, 3.63) is 54.1 Å². The minimum Gasteiger partial charge on any atom is -0.497 e. The Morgan fingerprint density at radius 3 is 2.61 bits per heavy atom. The zero-order valence-corrected chi connectivity index (χ0v) is 17.2. The van der Waals surface area contributed by atoms with Gasteiger partial charge in [-0.3, -0.25) is 4.79 Å². The van der Waals surface area contributed by atoms with Gasteiger partial charge in [-0.05, 0) is 29.8 Å². The van der Waals surface area contributed by atoms with E-state index in [4.69, 9.17) is 9.47 Å². The van der Waals surface area contributed by atoms with Gasteiger partial charge in [0.05, 0.1) is 30.5 Å². The summed E-state index contributed by atoms with van der Waals surface area (Å²) < 4.78 is 12.5. The summed E-state index contributed by atoms with van der Waals surface area (Å²) in [5, 5.41) is 0.837. The van der Waals surface area contributed by atoms with E-state index < -0.39 is 0 Å². The third-order valence-corrected chi connectivity index (χ3v) is 5.43. The predicted octanol–water partition coefficient (Wildman–Crippen LogP) is 3.44. The van der Waals surface area contributed by atoms with Gasteiger partial charge in [0.1, 0.15) is 5.75 Å². The molecule has 3 rings (SSSR count). The number of hydrogen-bond acceptors (Lipinski definition) is 5. The number of para-hydroxylation sites is 2. The van der Waals surface area contributed by atoms with Crippen molar-refractivity contribution in [3.63, 3.8) is 0 Å². The number of rotatable bonds is 9. The molecule has 1 aromatic heterocycles. The fraction of sp³-hybridized carbons (Fsp3) is 0.333. The van der Waals surface area contributed by atoms with E-state index in [1.807, 2.05) is 55.6 Å². The molecule has 2 aromatic carbocycles. The number of thioether (sulfide) groups is 1. The molecule has 1 heterocycles. The molecule has 6 nitrogen and oxygen atoms in total. The monoisotopic (exact) mass is 399 g/mol. The molecule has 0 radical (unpaired) electrons. The molecule has 0 spiro atoms. The number of aromatic nitrogens is 2. The van der Waals surface area contributed by atoms with Crippen LogP contribution in [0.5, 0.6) is 5.75 Å². The zero-order valence-electron chi connectivity index (χ0n) is 16.4. The van der Waals surface area contributed by atoms with E-state index in [-0.39, 0.29) is 5.91 Å². The second-order valence-electron chi connectivity index (χ2n) is 6.41. The summed E-state index contributed by atoms with van der Waals surface area (Å²) in [6, 6.07) is 15.7. The minimum atomic E-state index is 0.0613. The van der Waals surface area contributed by atoms with E-state index in [1.54, 1.807) is 19.1 Å². The first-order valence-corrected chi connectivity index (χ1v) is 10.0. The summed E-state index contributed by atoms with van der Waals surface area (Å²) in [5.74, 6) is 1.21. The minimum absolute atomic E-state index is 0.0613. The molecule has 0 unspecified atom stereocenters. The van der Waals surface area contributed by atoms with Crippen molar-refractivity contribution in [1.29, 1.82) is 0 Å². The fourth-order valence-corrected chi connectivity index (χ4v) is 3.87. The van der Waals surface area contributed by atoms with Gasteiger partial charge in [0.25, 0.3) is 0 Å². The number of nitrogens with zero attached hydrogens (tertiary/aromatic N) is 3. The number of amides is 1. The van der Waals surface area contributed by atoms with Gasteiger partial charge in [-0.15, -0.1) is 0 Å². The Balaban J connectivity index is 1.64. The van der Waals surface area contributed by atoms with E-state index in [0.717, 1.165) is 27.5 Å². The molecule has 3 aromatic rings. The molecule has 28 heavy (non-hydrogen) atoms. The van der Waals surface area contributed by atoms with E-state index >= 15 is 0 Å². The number of benzene rings is 2. The summed E-state index contributed by atoms with van der Waals surface area (Å²) in [7, 11) is 5.15. The third kappa shape index (κ3) is 4.85. The quantitative estimate of drug-likeness (QED) is 0.516. The van der Waals surface area contributed by atoms with Gasteiger partial charge < -0.3 is 18.9 Å². The SMILES string of the molecule is COCCn1c(SCC(=O)N(C)Cc2ccc(OC)cc2)nc2ccccc21. The van der Waals surface area contributed by atoms with Crippen LogP contribution in [0.15, 0.2) is 53.7 Å². The van der Waals surface area contributed by atoms with Gasteiger partial charge in [-0.1, -0.05) is 36.0 Å². The Morgan fingerprint density at radius 1 is 1.14 bits per heavy atom. The first-order valence-electron chi connectivity index (χ1n) is 9.06. The van der Waals surface area contributed by atoms with Crippen molar-refractivity contribution >= 4 is 28.7 Å². The maximum atomic E-state index is 12.6. The van der Waals surface area contributed by atoms with Gasteiger partial charge in [0, 0.05) is 27.2 Å². The number of fused-ring (bicyclic) bond motifs is 1. The van der Waals surface area contributed by atoms with Crippen LogP contribution < -0.4 is 4.74 Å². The number of ether oxygens (including phenoxy) is 2. The first-order chi connectivity index (χ1) is 13.6. The highest BCUT2D eigenvalue weighted by Crippen LogP contribution is 2.24. The average molecular weight is 400 g/mol. The van der Waals surface area contributed by atoms with Gasteiger partial charge >= 0.3 is 0 Å². The third-order valence-electron chi connectivity index (χ3n) is 4.47. The van der Waals surface area contributed by atoms with Crippen LogP contribution >= 0.6 is 11.8 Å². The van der Waals surface area contributed by atoms with Crippen molar-refractivity contribution < 1.29 is 14.3 Å². The zero-order chi connectivity index (χ0) is 19.9. The van der Waals surface area contributed by atoms with Crippen LogP contribution in [0, 0.1) is 0 Å². The molecule has 7 heteroatoms. The molecule has 0 fully saturated rings. The normalized spacial score (nSPS) is 11.0. The molecule has 0 atom stereocenters. The van der Waals surface area contributed by atoms with E-state index in [9.17, 15) is 4.79 Å². The van der Waals surface area contributed by atoms with Crippen LogP contribution in [-0.2, 0) is 22.6 Å². The highest BCUT2D eigenvalue weighted by atomic mass is 32.2. The number of hydrogen-bond donors (Lipinski definition) is 0. The van der Waals surface area contributed by atoms with Crippen molar-refractivity contribution in [2.75, 3.05) is 33.6 Å². The summed E-state index contributed by atoms with van der Waals surface area (Å²) in [4.78, 5) is 19.0. The van der Waals surface area contributed by atoms with E-state index in [2.05, 4.69) is 9.55 Å². The number of methoxy groups -OCH3 is 2. The topological polar surface area (TPSA) is 56.6 Å². The largest absolute Gasteiger partial charge is 0.497 e. The Kier molecular flexibility index (Phi) is 6.95. The smallest absolute Gasteiger partial charge is 0.233 e.